The molecule has 0 aromatic heterocycles. The molecule has 0 aliphatic carbocycles. The molecular weight excluding hydrogens is 376 g/mol. The molecule has 0 bridgehead atoms. The van der Waals surface area contributed by atoms with Crippen molar-refractivity contribution in [2.45, 2.75) is 6.18 Å². The summed E-state index contributed by atoms with van der Waals surface area (Å²) in [7, 11) is 0. The van der Waals surface area contributed by atoms with E-state index in [2.05, 4.69) is 15.9 Å². The fourth-order valence-electron chi connectivity index (χ4n) is 1.77. The quantitative estimate of drug-likeness (QED) is 0.382. The Labute approximate surface area is 130 Å². The highest BCUT2D eigenvalue weighted by molar-refractivity contribution is 9.10. The van der Waals surface area contributed by atoms with Gasteiger partial charge in [0.1, 0.15) is 0 Å². The highest BCUT2D eigenvalue weighted by Crippen LogP contribution is 2.34. The molecule has 0 saturated carbocycles. The summed E-state index contributed by atoms with van der Waals surface area (Å²) in [5, 5.41) is -0.356. The van der Waals surface area contributed by atoms with Crippen LogP contribution in [0.3, 0.4) is 0 Å². The van der Waals surface area contributed by atoms with E-state index in [1.54, 1.807) is 0 Å². The Morgan fingerprint density at radius 1 is 1.05 bits per heavy atom. The van der Waals surface area contributed by atoms with E-state index >= 15 is 0 Å². The van der Waals surface area contributed by atoms with Gasteiger partial charge in [-0.2, -0.15) is 13.2 Å². The molecule has 2 rings (SSSR count). The van der Waals surface area contributed by atoms with Crippen LogP contribution in [0.1, 0.15) is 21.5 Å². The van der Waals surface area contributed by atoms with Crippen LogP contribution in [-0.4, -0.2) is 5.78 Å². The number of carbonyl (C=O) groups is 1. The number of ketones is 1. The van der Waals surface area contributed by atoms with Crippen LogP contribution in [0.15, 0.2) is 40.9 Å². The van der Waals surface area contributed by atoms with Crippen molar-refractivity contribution in [1.82, 2.24) is 0 Å². The lowest BCUT2D eigenvalue weighted by Gasteiger charge is -2.12. The minimum atomic E-state index is -4.71. The van der Waals surface area contributed by atoms with E-state index in [1.165, 1.54) is 12.1 Å². The van der Waals surface area contributed by atoms with Crippen LogP contribution in [0, 0.1) is 5.82 Å². The molecule has 0 spiro atoms. The average Bonchev–Trinajstić information content (AvgIpc) is 2.43. The maximum Gasteiger partial charge on any atom is 0.417 e. The van der Waals surface area contributed by atoms with E-state index in [1.807, 2.05) is 0 Å². The zero-order chi connectivity index (χ0) is 15.8. The minimum absolute atomic E-state index is 0.210. The third kappa shape index (κ3) is 3.11. The van der Waals surface area contributed by atoms with Crippen LogP contribution < -0.4 is 0 Å². The SMILES string of the molecule is O=C(c1ccccc1C(F)(F)F)c1ccc(Br)c(Cl)c1F. The van der Waals surface area contributed by atoms with E-state index in [4.69, 9.17) is 11.6 Å². The van der Waals surface area contributed by atoms with Gasteiger partial charge in [0.15, 0.2) is 11.6 Å². The van der Waals surface area contributed by atoms with Gasteiger partial charge in [-0.3, -0.25) is 4.79 Å². The predicted molar refractivity (Wildman–Crippen MR) is 74.0 cm³/mol. The number of benzene rings is 2. The van der Waals surface area contributed by atoms with Crippen LogP contribution in [0.25, 0.3) is 0 Å². The Balaban J connectivity index is 2.59. The normalized spacial score (nSPS) is 11.5. The number of hydrogen-bond acceptors (Lipinski definition) is 1. The third-order valence-electron chi connectivity index (χ3n) is 2.76. The van der Waals surface area contributed by atoms with Crippen LogP contribution >= 0.6 is 27.5 Å². The molecule has 0 saturated heterocycles. The van der Waals surface area contributed by atoms with Gasteiger partial charge in [0.05, 0.1) is 16.1 Å². The second-order valence-corrected chi connectivity index (χ2v) is 5.33. The molecule has 0 aliphatic heterocycles. The van der Waals surface area contributed by atoms with E-state index in [0.29, 0.717) is 0 Å². The Morgan fingerprint density at radius 2 is 1.67 bits per heavy atom. The minimum Gasteiger partial charge on any atom is -0.288 e. The zero-order valence-corrected chi connectivity index (χ0v) is 12.5. The molecule has 0 fully saturated rings. The summed E-state index contributed by atoms with van der Waals surface area (Å²) < 4.78 is 52.8. The Hall–Kier alpha value is -1.40. The van der Waals surface area contributed by atoms with E-state index in [0.717, 1.165) is 24.3 Å². The molecule has 0 heterocycles. The van der Waals surface area contributed by atoms with Crippen molar-refractivity contribution in [1.29, 1.82) is 0 Å². The molecule has 0 aliphatic rings. The van der Waals surface area contributed by atoms with Gasteiger partial charge >= 0.3 is 6.18 Å². The van der Waals surface area contributed by atoms with Crippen LogP contribution in [0.5, 0.6) is 0 Å². The molecular formula is C14H6BrClF4O. The van der Waals surface area contributed by atoms with E-state index in [9.17, 15) is 22.4 Å². The first-order chi connectivity index (χ1) is 9.73. The van der Waals surface area contributed by atoms with Crippen molar-refractivity contribution in [2.75, 3.05) is 0 Å². The van der Waals surface area contributed by atoms with Gasteiger partial charge in [-0.1, -0.05) is 29.8 Å². The number of carbonyl (C=O) groups excluding carboxylic acids is 1. The summed E-state index contributed by atoms with van der Waals surface area (Å²) in [6.07, 6.45) is -4.71. The maximum atomic E-state index is 14.0. The van der Waals surface area contributed by atoms with Crippen molar-refractivity contribution < 1.29 is 22.4 Å². The van der Waals surface area contributed by atoms with Crippen molar-refractivity contribution >= 4 is 33.3 Å². The van der Waals surface area contributed by atoms with Crippen molar-refractivity contribution in [3.8, 4) is 0 Å². The fraction of sp³-hybridized carbons (Fsp3) is 0.0714. The average molecular weight is 382 g/mol. The molecule has 110 valence electrons. The van der Waals surface area contributed by atoms with Gasteiger partial charge in [0.25, 0.3) is 0 Å². The maximum absolute atomic E-state index is 14.0. The van der Waals surface area contributed by atoms with Gasteiger partial charge in [-0.25, -0.2) is 4.39 Å². The van der Waals surface area contributed by atoms with Crippen LogP contribution in [0.4, 0.5) is 17.6 Å². The highest BCUT2D eigenvalue weighted by Gasteiger charge is 2.35. The van der Waals surface area contributed by atoms with E-state index < -0.39 is 34.5 Å². The second-order valence-electron chi connectivity index (χ2n) is 4.10. The summed E-state index contributed by atoms with van der Waals surface area (Å²) in [5.41, 5.74) is -2.25. The monoisotopic (exact) mass is 380 g/mol. The molecule has 0 N–H and O–H groups in total. The van der Waals surface area contributed by atoms with Crippen LogP contribution in [0.2, 0.25) is 5.02 Å². The summed E-state index contributed by atoms with van der Waals surface area (Å²) >= 11 is 8.62. The highest BCUT2D eigenvalue weighted by atomic mass is 79.9. The lowest BCUT2D eigenvalue weighted by atomic mass is 9.98. The first kappa shape index (κ1) is 16.0. The summed E-state index contributed by atoms with van der Waals surface area (Å²) in [5.74, 6) is -2.14. The van der Waals surface area contributed by atoms with Crippen molar-refractivity contribution in [2.24, 2.45) is 0 Å². The molecule has 21 heavy (non-hydrogen) atoms. The second kappa shape index (κ2) is 5.77. The standard InChI is InChI=1S/C14H6BrClF4O/c15-10-6-5-8(12(17)11(10)16)13(21)7-3-1-2-4-9(7)14(18,19)20/h1-6H. The topological polar surface area (TPSA) is 17.1 Å². The lowest BCUT2D eigenvalue weighted by molar-refractivity contribution is -0.137. The van der Waals surface area contributed by atoms with E-state index in [-0.39, 0.29) is 9.50 Å². The Kier molecular flexibility index (Phi) is 4.39. The molecule has 2 aromatic carbocycles. The number of rotatable bonds is 2. The zero-order valence-electron chi connectivity index (χ0n) is 10.1. The molecule has 7 heteroatoms. The number of hydrogen-bond donors (Lipinski definition) is 0. The summed E-state index contributed by atoms with van der Waals surface area (Å²) in [4.78, 5) is 12.2. The van der Waals surface area contributed by atoms with Crippen molar-refractivity contribution in [3.05, 3.63) is 68.4 Å². The predicted octanol–water partition coefficient (Wildman–Crippen LogP) is 5.49. The molecule has 1 nitrogen and oxygen atoms in total. The van der Waals surface area contributed by atoms with Gasteiger partial charge in [-0.05, 0) is 34.1 Å². The van der Waals surface area contributed by atoms with Gasteiger partial charge in [0, 0.05) is 10.0 Å². The summed E-state index contributed by atoms with van der Waals surface area (Å²) in [6, 6.07) is 6.59. The Bertz CT molecular complexity index is 713. The summed E-state index contributed by atoms with van der Waals surface area (Å²) in [6.45, 7) is 0. The van der Waals surface area contributed by atoms with Gasteiger partial charge < -0.3 is 0 Å². The molecule has 2 aromatic rings. The number of alkyl halides is 3. The molecule has 0 atom stereocenters. The van der Waals surface area contributed by atoms with Gasteiger partial charge in [-0.15, -0.1) is 0 Å². The fourth-order valence-corrected chi connectivity index (χ4v) is 2.25. The van der Waals surface area contributed by atoms with Gasteiger partial charge in [0.2, 0.25) is 0 Å². The lowest BCUT2D eigenvalue weighted by Crippen LogP contribution is -2.14. The Morgan fingerprint density at radius 3 is 2.29 bits per heavy atom. The largest absolute Gasteiger partial charge is 0.417 e. The van der Waals surface area contributed by atoms with Crippen LogP contribution in [-0.2, 0) is 6.18 Å². The number of halogens is 6. The molecule has 0 radical (unpaired) electrons. The smallest absolute Gasteiger partial charge is 0.288 e. The molecule has 0 unspecified atom stereocenters. The molecule has 0 amide bonds. The third-order valence-corrected chi connectivity index (χ3v) is 4.02. The van der Waals surface area contributed by atoms with Crippen molar-refractivity contribution in [3.63, 3.8) is 0 Å². The first-order valence-corrected chi connectivity index (χ1v) is 6.75. The first-order valence-electron chi connectivity index (χ1n) is 5.58.